The monoisotopic (exact) mass is 328 g/mol. The van der Waals surface area contributed by atoms with Crippen LogP contribution < -0.4 is 0 Å². The van der Waals surface area contributed by atoms with Gasteiger partial charge in [0.05, 0.1) is 19.1 Å². The number of nitrogens with zero attached hydrogens (tertiary/aromatic N) is 4. The lowest BCUT2D eigenvalue weighted by molar-refractivity contribution is -0.130. The van der Waals surface area contributed by atoms with Crippen molar-refractivity contribution in [1.29, 1.82) is 0 Å². The van der Waals surface area contributed by atoms with Crippen LogP contribution in [0, 0.1) is 18.8 Å². The number of carbonyl (C=O) groups excluding carboxylic acids is 1. The lowest BCUT2D eigenvalue weighted by atomic mass is 9.90. The third-order valence-corrected chi connectivity index (χ3v) is 4.86. The molecule has 2 aromatic rings. The Labute approximate surface area is 140 Å². The molecular weight excluding hydrogens is 308 g/mol. The molecule has 0 aliphatic carbocycles. The van der Waals surface area contributed by atoms with Gasteiger partial charge in [-0.15, -0.1) is 0 Å². The molecule has 2 aromatic heterocycles. The van der Waals surface area contributed by atoms with Crippen LogP contribution in [0.3, 0.4) is 0 Å². The maximum atomic E-state index is 12.5. The molecule has 0 aromatic carbocycles. The lowest BCUT2D eigenvalue weighted by Crippen LogP contribution is -2.32. The number of fused-ring (bicyclic) bond motifs is 1. The molecule has 0 bridgehead atoms. The number of hydrogen-bond donors (Lipinski definition) is 0. The molecule has 126 valence electrons. The van der Waals surface area contributed by atoms with Crippen molar-refractivity contribution in [2.24, 2.45) is 11.8 Å². The standard InChI is InChI=1S/C17H20N4O3/c1-11-19-16(24-20-11)6-12-10-23-15-9-21(8-14(12)15)17(22)7-13-4-2-3-5-18-13/h2-5,12,14-15H,6-10H2,1H3/t12-,14+,15+/m0/s1. The number of ether oxygens (including phenoxy) is 1. The summed E-state index contributed by atoms with van der Waals surface area (Å²) in [6.45, 7) is 3.90. The van der Waals surface area contributed by atoms with Crippen LogP contribution in [0.4, 0.5) is 0 Å². The SMILES string of the molecule is Cc1noc(C[C@H]2CO[C@@H]3CN(C(=O)Cc4ccccn4)C[C@H]23)n1. The maximum absolute atomic E-state index is 12.5. The number of rotatable bonds is 4. The molecule has 4 rings (SSSR count). The van der Waals surface area contributed by atoms with Crippen LogP contribution in [0.15, 0.2) is 28.9 Å². The summed E-state index contributed by atoms with van der Waals surface area (Å²) >= 11 is 0. The quantitative estimate of drug-likeness (QED) is 0.834. The fraction of sp³-hybridized carbons (Fsp3) is 0.529. The Morgan fingerprint density at radius 1 is 1.38 bits per heavy atom. The molecule has 0 spiro atoms. The molecule has 4 heterocycles. The Balaban J connectivity index is 1.37. The second-order valence-electron chi connectivity index (χ2n) is 6.53. The normalized spacial score (nSPS) is 25.9. The van der Waals surface area contributed by atoms with E-state index in [0.29, 0.717) is 49.5 Å². The fourth-order valence-corrected chi connectivity index (χ4v) is 3.63. The average molecular weight is 328 g/mol. The molecule has 2 aliphatic rings. The van der Waals surface area contributed by atoms with E-state index in [9.17, 15) is 4.79 Å². The molecule has 3 atom stereocenters. The number of aryl methyl sites for hydroxylation is 1. The Kier molecular flexibility index (Phi) is 4.02. The van der Waals surface area contributed by atoms with E-state index in [4.69, 9.17) is 9.26 Å². The number of amides is 1. The second kappa shape index (κ2) is 6.32. The summed E-state index contributed by atoms with van der Waals surface area (Å²) in [6, 6.07) is 5.64. The van der Waals surface area contributed by atoms with Crippen molar-refractivity contribution in [1.82, 2.24) is 20.0 Å². The van der Waals surface area contributed by atoms with Crippen molar-refractivity contribution in [3.05, 3.63) is 41.8 Å². The molecule has 0 N–H and O–H groups in total. The first-order valence-corrected chi connectivity index (χ1v) is 8.27. The van der Waals surface area contributed by atoms with Gasteiger partial charge in [-0.3, -0.25) is 9.78 Å². The van der Waals surface area contributed by atoms with Gasteiger partial charge in [0.25, 0.3) is 0 Å². The van der Waals surface area contributed by atoms with Gasteiger partial charge < -0.3 is 14.2 Å². The first-order chi connectivity index (χ1) is 11.7. The molecule has 0 radical (unpaired) electrons. The van der Waals surface area contributed by atoms with E-state index in [0.717, 1.165) is 12.2 Å². The van der Waals surface area contributed by atoms with Gasteiger partial charge in [-0.2, -0.15) is 4.98 Å². The summed E-state index contributed by atoms with van der Waals surface area (Å²) in [5.74, 6) is 2.07. The minimum atomic E-state index is 0.110. The average Bonchev–Trinajstić information content (AvgIpc) is 3.26. The van der Waals surface area contributed by atoms with E-state index < -0.39 is 0 Å². The summed E-state index contributed by atoms with van der Waals surface area (Å²) in [5.41, 5.74) is 0.804. The van der Waals surface area contributed by atoms with Gasteiger partial charge in [0, 0.05) is 37.3 Å². The molecule has 1 amide bonds. The summed E-state index contributed by atoms with van der Waals surface area (Å²) in [7, 11) is 0. The van der Waals surface area contributed by atoms with Crippen molar-refractivity contribution in [2.45, 2.75) is 25.9 Å². The first-order valence-electron chi connectivity index (χ1n) is 8.27. The summed E-state index contributed by atoms with van der Waals surface area (Å²) in [6.07, 6.45) is 2.89. The van der Waals surface area contributed by atoms with Crippen molar-refractivity contribution >= 4 is 5.91 Å². The predicted molar refractivity (Wildman–Crippen MR) is 84.0 cm³/mol. The number of hydrogen-bond acceptors (Lipinski definition) is 6. The molecule has 2 aliphatic heterocycles. The largest absolute Gasteiger partial charge is 0.376 e. The third kappa shape index (κ3) is 3.03. The molecule has 7 nitrogen and oxygen atoms in total. The first kappa shape index (κ1) is 15.3. The van der Waals surface area contributed by atoms with Crippen LogP contribution in [0.2, 0.25) is 0 Å². The van der Waals surface area contributed by atoms with Crippen LogP contribution in [0.5, 0.6) is 0 Å². The molecule has 2 fully saturated rings. The fourth-order valence-electron chi connectivity index (χ4n) is 3.63. The number of pyridine rings is 1. The number of likely N-dealkylation sites (tertiary alicyclic amines) is 1. The number of carbonyl (C=O) groups is 1. The van der Waals surface area contributed by atoms with Crippen LogP contribution in [0.1, 0.15) is 17.4 Å². The van der Waals surface area contributed by atoms with Crippen molar-refractivity contribution in [3.63, 3.8) is 0 Å². The van der Waals surface area contributed by atoms with Crippen LogP contribution in [-0.4, -0.2) is 51.7 Å². The van der Waals surface area contributed by atoms with Gasteiger partial charge in [-0.1, -0.05) is 11.2 Å². The van der Waals surface area contributed by atoms with Crippen LogP contribution in [-0.2, 0) is 22.4 Å². The summed E-state index contributed by atoms with van der Waals surface area (Å²) < 4.78 is 11.1. The van der Waals surface area contributed by atoms with E-state index in [-0.39, 0.29) is 12.0 Å². The summed E-state index contributed by atoms with van der Waals surface area (Å²) in [4.78, 5) is 22.9. The van der Waals surface area contributed by atoms with E-state index in [2.05, 4.69) is 15.1 Å². The van der Waals surface area contributed by atoms with Gasteiger partial charge >= 0.3 is 0 Å². The smallest absolute Gasteiger partial charge is 0.228 e. The van der Waals surface area contributed by atoms with Gasteiger partial charge in [0.15, 0.2) is 5.82 Å². The second-order valence-corrected chi connectivity index (χ2v) is 6.53. The summed E-state index contributed by atoms with van der Waals surface area (Å²) in [5, 5.41) is 3.84. The van der Waals surface area contributed by atoms with Gasteiger partial charge in [0.2, 0.25) is 11.8 Å². The van der Waals surface area contributed by atoms with Gasteiger partial charge in [0.1, 0.15) is 0 Å². The molecule has 24 heavy (non-hydrogen) atoms. The minimum absolute atomic E-state index is 0.110. The molecule has 0 saturated carbocycles. The molecule has 0 unspecified atom stereocenters. The Morgan fingerprint density at radius 2 is 2.29 bits per heavy atom. The van der Waals surface area contributed by atoms with Crippen LogP contribution in [0.25, 0.3) is 0 Å². The van der Waals surface area contributed by atoms with Gasteiger partial charge in [-0.05, 0) is 25.0 Å². The van der Waals surface area contributed by atoms with Crippen LogP contribution >= 0.6 is 0 Å². The maximum Gasteiger partial charge on any atom is 0.228 e. The van der Waals surface area contributed by atoms with Gasteiger partial charge in [-0.25, -0.2) is 0 Å². The minimum Gasteiger partial charge on any atom is -0.376 e. The topological polar surface area (TPSA) is 81.4 Å². The zero-order valence-corrected chi connectivity index (χ0v) is 13.6. The Hall–Kier alpha value is -2.28. The highest BCUT2D eigenvalue weighted by Gasteiger charge is 2.45. The van der Waals surface area contributed by atoms with E-state index in [1.807, 2.05) is 30.0 Å². The molecule has 2 saturated heterocycles. The highest BCUT2D eigenvalue weighted by Crippen LogP contribution is 2.35. The van der Waals surface area contributed by atoms with E-state index in [1.165, 1.54) is 0 Å². The highest BCUT2D eigenvalue weighted by atomic mass is 16.5. The number of aromatic nitrogens is 3. The highest BCUT2D eigenvalue weighted by molar-refractivity contribution is 5.78. The zero-order valence-electron chi connectivity index (χ0n) is 13.6. The lowest BCUT2D eigenvalue weighted by Gasteiger charge is -2.19. The van der Waals surface area contributed by atoms with Crippen molar-refractivity contribution in [3.8, 4) is 0 Å². The third-order valence-electron chi connectivity index (χ3n) is 4.86. The Morgan fingerprint density at radius 3 is 3.04 bits per heavy atom. The van der Waals surface area contributed by atoms with E-state index >= 15 is 0 Å². The van der Waals surface area contributed by atoms with E-state index in [1.54, 1.807) is 6.20 Å². The Bertz CT molecular complexity index is 718. The zero-order chi connectivity index (χ0) is 16.5. The molecule has 7 heteroatoms. The van der Waals surface area contributed by atoms with Crippen molar-refractivity contribution < 1.29 is 14.1 Å². The van der Waals surface area contributed by atoms with Crippen molar-refractivity contribution in [2.75, 3.05) is 19.7 Å². The molecular formula is C17H20N4O3. The predicted octanol–water partition coefficient (Wildman–Crippen LogP) is 1.03.